The number of aryl methyl sites for hydroxylation is 1. The standard InChI is InChI=1S/C20H22ClN9O4S/c1-11(17-23-9-13(21)10-24-17)12(2)35(32,33)28-20-26-25-18(14-6-8-29(3)27-14)30(20)16-15(34-4)5-7-22-19(16)31/h5-12,16H,1-4H3,(H,26,28)/t11-,12-,16?/m0/s1. The Morgan fingerprint density at radius 1 is 1.20 bits per heavy atom. The van der Waals surface area contributed by atoms with Gasteiger partial charge >= 0.3 is 0 Å². The van der Waals surface area contributed by atoms with Gasteiger partial charge in [0.25, 0.3) is 5.91 Å². The molecule has 0 radical (unpaired) electrons. The molecule has 3 atom stereocenters. The molecule has 4 heterocycles. The number of nitrogens with zero attached hydrogens (tertiary/aromatic N) is 8. The molecule has 15 heteroatoms. The number of aromatic nitrogens is 7. The van der Waals surface area contributed by atoms with Gasteiger partial charge in [-0.05, 0) is 19.1 Å². The van der Waals surface area contributed by atoms with Crippen molar-refractivity contribution in [3.63, 3.8) is 0 Å². The quantitative estimate of drug-likeness (QED) is 0.467. The highest BCUT2D eigenvalue weighted by Gasteiger charge is 2.36. The molecule has 0 saturated heterocycles. The number of carbonyl (C=O) groups excluding carboxylic acids is 1. The van der Waals surface area contributed by atoms with Crippen molar-refractivity contribution in [3.8, 4) is 11.5 Å². The summed E-state index contributed by atoms with van der Waals surface area (Å²) >= 11 is 5.84. The minimum absolute atomic E-state index is 0.156. The van der Waals surface area contributed by atoms with Crippen molar-refractivity contribution in [3.05, 3.63) is 47.3 Å². The van der Waals surface area contributed by atoms with Crippen LogP contribution in [0.25, 0.3) is 11.5 Å². The number of anilines is 1. The molecule has 13 nitrogen and oxygen atoms in total. The fourth-order valence-electron chi connectivity index (χ4n) is 3.46. The Morgan fingerprint density at radius 3 is 2.54 bits per heavy atom. The highest BCUT2D eigenvalue weighted by atomic mass is 35.5. The molecule has 1 amide bonds. The lowest BCUT2D eigenvalue weighted by Crippen LogP contribution is -2.33. The van der Waals surface area contributed by atoms with Crippen LogP contribution in [-0.4, -0.2) is 67.4 Å². The summed E-state index contributed by atoms with van der Waals surface area (Å²) in [5.41, 5.74) is 0.374. The lowest BCUT2D eigenvalue weighted by atomic mass is 10.1. The molecule has 0 spiro atoms. The summed E-state index contributed by atoms with van der Waals surface area (Å²) in [6.45, 7) is 3.20. The summed E-state index contributed by atoms with van der Waals surface area (Å²) in [5, 5.41) is 11.8. The van der Waals surface area contributed by atoms with Crippen LogP contribution in [0.15, 0.2) is 41.5 Å². The number of amides is 1. The highest BCUT2D eigenvalue weighted by Crippen LogP contribution is 2.32. The van der Waals surface area contributed by atoms with E-state index in [2.05, 4.69) is 35.0 Å². The average Bonchev–Trinajstić information content (AvgIpc) is 3.43. The number of allylic oxidation sites excluding steroid dienone is 1. The molecule has 184 valence electrons. The zero-order valence-corrected chi connectivity index (χ0v) is 20.8. The smallest absolute Gasteiger partial charge is 0.276 e. The van der Waals surface area contributed by atoms with Crippen LogP contribution < -0.4 is 4.72 Å². The molecule has 1 unspecified atom stereocenters. The van der Waals surface area contributed by atoms with Crippen molar-refractivity contribution in [1.82, 2.24) is 34.5 Å². The first-order chi connectivity index (χ1) is 16.6. The van der Waals surface area contributed by atoms with Gasteiger partial charge in [-0.25, -0.2) is 23.4 Å². The summed E-state index contributed by atoms with van der Waals surface area (Å²) < 4.78 is 37.4. The number of nitrogens with one attached hydrogen (secondary N) is 1. The Balaban J connectivity index is 1.75. The summed E-state index contributed by atoms with van der Waals surface area (Å²) in [6, 6.07) is 0.524. The number of dihydropyridines is 1. The van der Waals surface area contributed by atoms with Gasteiger partial charge in [0.05, 0.1) is 17.4 Å². The number of aliphatic imine (C=N–C) groups is 1. The topological polar surface area (TPSA) is 159 Å². The van der Waals surface area contributed by atoms with E-state index in [0.717, 1.165) is 0 Å². The maximum Gasteiger partial charge on any atom is 0.276 e. The van der Waals surface area contributed by atoms with Gasteiger partial charge in [-0.3, -0.25) is 18.8 Å². The van der Waals surface area contributed by atoms with Crippen molar-refractivity contribution < 1.29 is 17.9 Å². The summed E-state index contributed by atoms with van der Waals surface area (Å²) in [5.74, 6) is -0.671. The van der Waals surface area contributed by atoms with Gasteiger partial charge < -0.3 is 4.74 Å². The maximum absolute atomic E-state index is 13.3. The van der Waals surface area contributed by atoms with Gasteiger partial charge in [-0.1, -0.05) is 18.5 Å². The van der Waals surface area contributed by atoms with Crippen molar-refractivity contribution in [2.45, 2.75) is 31.1 Å². The molecule has 0 aliphatic carbocycles. The van der Waals surface area contributed by atoms with Crippen LogP contribution in [0.4, 0.5) is 5.95 Å². The zero-order valence-electron chi connectivity index (χ0n) is 19.2. The van der Waals surface area contributed by atoms with Gasteiger partial charge in [0.15, 0.2) is 11.9 Å². The number of carbonyl (C=O) groups is 1. The number of hydrogen-bond donors (Lipinski definition) is 1. The lowest BCUT2D eigenvalue weighted by molar-refractivity contribution is -0.120. The Morgan fingerprint density at radius 2 is 1.91 bits per heavy atom. The molecule has 35 heavy (non-hydrogen) atoms. The Hall–Kier alpha value is -3.65. The third-order valence-electron chi connectivity index (χ3n) is 5.55. The number of rotatable bonds is 8. The van der Waals surface area contributed by atoms with E-state index in [4.69, 9.17) is 16.3 Å². The van der Waals surface area contributed by atoms with Gasteiger partial charge in [0.1, 0.15) is 17.3 Å². The minimum atomic E-state index is -4.06. The van der Waals surface area contributed by atoms with Crippen LogP contribution in [0.5, 0.6) is 0 Å². The second kappa shape index (κ2) is 9.54. The first-order valence-electron chi connectivity index (χ1n) is 10.4. The minimum Gasteiger partial charge on any atom is -0.498 e. The second-order valence-electron chi connectivity index (χ2n) is 7.78. The number of halogens is 1. The maximum atomic E-state index is 13.3. The summed E-state index contributed by atoms with van der Waals surface area (Å²) in [7, 11) is -0.946. The number of hydrogen-bond acceptors (Lipinski definition) is 9. The Labute approximate surface area is 206 Å². The first kappa shape index (κ1) is 24.5. The van der Waals surface area contributed by atoms with Gasteiger partial charge in [0, 0.05) is 37.8 Å². The SMILES string of the molecule is COC1=CC=NC(=O)C1n1c(NS(=O)(=O)[C@@H](C)[C@H](C)c2ncc(Cl)cn2)nnc1-c1ccn(C)n1. The van der Waals surface area contributed by atoms with Crippen LogP contribution in [0.1, 0.15) is 31.6 Å². The molecular weight excluding hydrogens is 498 g/mol. The van der Waals surface area contributed by atoms with E-state index in [9.17, 15) is 13.2 Å². The van der Waals surface area contributed by atoms with E-state index >= 15 is 0 Å². The van der Waals surface area contributed by atoms with Crippen LogP contribution >= 0.6 is 11.6 Å². The van der Waals surface area contributed by atoms with E-state index in [1.807, 2.05) is 0 Å². The number of ether oxygens (including phenoxy) is 1. The van der Waals surface area contributed by atoms with Crippen molar-refractivity contribution in [1.29, 1.82) is 0 Å². The van der Waals surface area contributed by atoms with E-state index in [0.29, 0.717) is 16.5 Å². The Bertz CT molecular complexity index is 1410. The fourth-order valence-corrected chi connectivity index (χ4v) is 4.79. The molecule has 1 aliphatic rings. The zero-order chi connectivity index (χ0) is 25.3. The fraction of sp³-hybridized carbons (Fsp3) is 0.350. The monoisotopic (exact) mass is 519 g/mol. The van der Waals surface area contributed by atoms with Gasteiger partial charge in [-0.2, -0.15) is 5.10 Å². The number of methoxy groups -OCH3 is 1. The molecule has 1 N–H and O–H groups in total. The van der Waals surface area contributed by atoms with E-state index in [-0.39, 0.29) is 17.5 Å². The first-order valence-corrected chi connectivity index (χ1v) is 12.3. The van der Waals surface area contributed by atoms with Crippen LogP contribution in [-0.2, 0) is 26.6 Å². The van der Waals surface area contributed by atoms with Gasteiger partial charge in [0.2, 0.25) is 16.0 Å². The van der Waals surface area contributed by atoms with E-state index in [1.54, 1.807) is 30.9 Å². The molecule has 1 aliphatic heterocycles. The second-order valence-corrected chi connectivity index (χ2v) is 10.3. The average molecular weight is 520 g/mol. The van der Waals surface area contributed by atoms with Crippen LogP contribution in [0.3, 0.4) is 0 Å². The summed E-state index contributed by atoms with van der Waals surface area (Å²) in [6.07, 6.45) is 7.30. The largest absolute Gasteiger partial charge is 0.498 e. The molecule has 4 rings (SSSR count). The predicted molar refractivity (Wildman–Crippen MR) is 127 cm³/mol. The molecule has 0 bridgehead atoms. The molecule has 3 aromatic heterocycles. The van der Waals surface area contributed by atoms with Crippen molar-refractivity contribution in [2.75, 3.05) is 11.8 Å². The van der Waals surface area contributed by atoms with Gasteiger partial charge in [-0.15, -0.1) is 10.2 Å². The lowest BCUT2D eigenvalue weighted by Gasteiger charge is -2.24. The number of sulfonamides is 1. The summed E-state index contributed by atoms with van der Waals surface area (Å²) in [4.78, 5) is 24.9. The molecule has 0 saturated carbocycles. The van der Waals surface area contributed by atoms with E-state index < -0.39 is 33.1 Å². The Kier molecular flexibility index (Phi) is 6.67. The predicted octanol–water partition coefficient (Wildman–Crippen LogP) is 1.74. The molecule has 3 aromatic rings. The van der Waals surface area contributed by atoms with Crippen LogP contribution in [0, 0.1) is 0 Å². The molecule has 0 aromatic carbocycles. The van der Waals surface area contributed by atoms with Crippen molar-refractivity contribution >= 4 is 39.7 Å². The third kappa shape index (κ3) is 4.79. The van der Waals surface area contributed by atoms with Crippen LogP contribution in [0.2, 0.25) is 5.02 Å². The van der Waals surface area contributed by atoms with Crippen molar-refractivity contribution in [2.24, 2.45) is 12.0 Å². The molecule has 0 fully saturated rings. The third-order valence-corrected chi connectivity index (χ3v) is 7.60. The normalized spacial score (nSPS) is 17.7. The highest BCUT2D eigenvalue weighted by molar-refractivity contribution is 7.93. The molecular formula is C20H22ClN9O4S. The van der Waals surface area contributed by atoms with E-state index in [1.165, 1.54) is 43.3 Å².